The van der Waals surface area contributed by atoms with E-state index < -0.39 is 0 Å². The fourth-order valence-electron chi connectivity index (χ4n) is 0.489. The van der Waals surface area contributed by atoms with E-state index in [1.807, 2.05) is 0 Å². The molecule has 60 valence electrons. The minimum absolute atomic E-state index is 0.222. The maximum atomic E-state index is 10.8. The van der Waals surface area contributed by atoms with Crippen molar-refractivity contribution in [3.05, 3.63) is 12.7 Å². The average molecular weight is 152 g/mol. The summed E-state index contributed by atoms with van der Waals surface area (Å²) in [5.74, 6) is 2.10. The topological polar surface area (TPSA) is 26.3 Å². The van der Waals surface area contributed by atoms with Gasteiger partial charge in [-0.15, -0.1) is 12.3 Å². The maximum absolute atomic E-state index is 10.8. The number of ether oxygens (including phenoxy) is 1. The van der Waals surface area contributed by atoms with Gasteiger partial charge in [0.15, 0.2) is 0 Å². The van der Waals surface area contributed by atoms with Crippen molar-refractivity contribution in [1.29, 1.82) is 0 Å². The summed E-state index contributed by atoms with van der Waals surface area (Å²) >= 11 is 0. The van der Waals surface area contributed by atoms with Gasteiger partial charge in [0.2, 0.25) is 0 Å². The summed E-state index contributed by atoms with van der Waals surface area (Å²) in [5.41, 5.74) is 0. The Hall–Kier alpha value is -1.23. The molecule has 0 aliphatic carbocycles. The van der Waals surface area contributed by atoms with E-state index in [1.54, 1.807) is 13.0 Å². The summed E-state index contributed by atoms with van der Waals surface area (Å²) in [6.45, 7) is 5.23. The van der Waals surface area contributed by atoms with Crippen LogP contribution in [-0.4, -0.2) is 12.1 Å². The van der Waals surface area contributed by atoms with Crippen LogP contribution in [0.5, 0.6) is 0 Å². The Kier molecular flexibility index (Phi) is 4.93. The van der Waals surface area contributed by atoms with Gasteiger partial charge in [0.25, 0.3) is 0 Å². The zero-order chi connectivity index (χ0) is 8.69. The van der Waals surface area contributed by atoms with Crippen LogP contribution >= 0.6 is 0 Å². The van der Waals surface area contributed by atoms with Crippen molar-refractivity contribution in [2.75, 3.05) is 0 Å². The molecule has 2 heteroatoms. The Balaban J connectivity index is 3.53. The lowest BCUT2D eigenvalue weighted by molar-refractivity contribution is -0.146. The summed E-state index contributed by atoms with van der Waals surface area (Å²) in [4.78, 5) is 10.8. The van der Waals surface area contributed by atoms with Crippen molar-refractivity contribution in [3.8, 4) is 12.3 Å². The minimum Gasteiger partial charge on any atom is -0.458 e. The van der Waals surface area contributed by atoms with E-state index in [2.05, 4.69) is 12.5 Å². The molecule has 0 aromatic carbocycles. The highest BCUT2D eigenvalue weighted by atomic mass is 16.5. The first-order valence-electron chi connectivity index (χ1n) is 3.46. The standard InChI is InChI=1S/C9H12O2/c1-4-6-7-9(10)11-8(3)5-2/h1,5,8H,2,6-7H2,3H3. The Labute approximate surface area is 67.2 Å². The van der Waals surface area contributed by atoms with Crippen molar-refractivity contribution >= 4 is 5.97 Å². The van der Waals surface area contributed by atoms with Gasteiger partial charge in [0.05, 0.1) is 6.42 Å². The SMILES string of the molecule is C#CCCC(=O)OC(C)C=C. The number of terminal acetylenes is 1. The summed E-state index contributed by atoms with van der Waals surface area (Å²) < 4.78 is 4.85. The molecule has 2 nitrogen and oxygen atoms in total. The van der Waals surface area contributed by atoms with Crippen LogP contribution in [0, 0.1) is 12.3 Å². The summed E-state index contributed by atoms with van der Waals surface area (Å²) in [6.07, 6.45) is 7.02. The molecule has 0 aromatic heterocycles. The molecule has 0 N–H and O–H groups in total. The number of hydrogen-bond acceptors (Lipinski definition) is 2. The number of hydrogen-bond donors (Lipinski definition) is 0. The summed E-state index contributed by atoms with van der Waals surface area (Å²) in [7, 11) is 0. The van der Waals surface area contributed by atoms with E-state index in [0.717, 1.165) is 0 Å². The van der Waals surface area contributed by atoms with Crippen molar-refractivity contribution in [3.63, 3.8) is 0 Å². The van der Waals surface area contributed by atoms with Crippen LogP contribution in [0.2, 0.25) is 0 Å². The predicted octanol–water partition coefficient (Wildman–Crippen LogP) is 1.52. The van der Waals surface area contributed by atoms with Crippen molar-refractivity contribution < 1.29 is 9.53 Å². The van der Waals surface area contributed by atoms with Crippen molar-refractivity contribution in [2.45, 2.75) is 25.9 Å². The highest BCUT2D eigenvalue weighted by Gasteiger charge is 2.03. The molecular weight excluding hydrogens is 140 g/mol. The number of rotatable bonds is 4. The van der Waals surface area contributed by atoms with Gasteiger partial charge in [-0.05, 0) is 6.92 Å². The quantitative estimate of drug-likeness (QED) is 0.347. The highest BCUT2D eigenvalue weighted by Crippen LogP contribution is 1.96. The van der Waals surface area contributed by atoms with Gasteiger partial charge in [-0.25, -0.2) is 0 Å². The molecule has 0 fully saturated rings. The maximum Gasteiger partial charge on any atom is 0.307 e. The first-order chi connectivity index (χ1) is 5.20. The average Bonchev–Trinajstić information content (AvgIpc) is 2.00. The molecule has 0 spiro atoms. The second-order valence-electron chi connectivity index (χ2n) is 2.13. The molecule has 0 heterocycles. The third-order valence-electron chi connectivity index (χ3n) is 1.12. The molecule has 0 bridgehead atoms. The van der Waals surface area contributed by atoms with E-state index in [0.29, 0.717) is 6.42 Å². The van der Waals surface area contributed by atoms with Crippen LogP contribution in [0.25, 0.3) is 0 Å². The van der Waals surface area contributed by atoms with Gasteiger partial charge in [0.1, 0.15) is 6.10 Å². The minimum atomic E-state index is -0.268. The molecule has 0 amide bonds. The molecule has 1 unspecified atom stereocenters. The van der Waals surface area contributed by atoms with Crippen molar-refractivity contribution in [2.24, 2.45) is 0 Å². The zero-order valence-corrected chi connectivity index (χ0v) is 6.67. The molecule has 0 aromatic rings. The van der Waals surface area contributed by atoms with Gasteiger partial charge in [-0.1, -0.05) is 12.7 Å². The van der Waals surface area contributed by atoms with Gasteiger partial charge >= 0.3 is 5.97 Å². The largest absolute Gasteiger partial charge is 0.458 e. The predicted molar refractivity (Wildman–Crippen MR) is 43.8 cm³/mol. The fourth-order valence-corrected chi connectivity index (χ4v) is 0.489. The van der Waals surface area contributed by atoms with E-state index >= 15 is 0 Å². The Morgan fingerprint density at radius 3 is 3.00 bits per heavy atom. The zero-order valence-electron chi connectivity index (χ0n) is 6.67. The van der Waals surface area contributed by atoms with E-state index in [1.165, 1.54) is 0 Å². The summed E-state index contributed by atoms with van der Waals surface area (Å²) in [5, 5.41) is 0. The van der Waals surface area contributed by atoms with Crippen LogP contribution in [0.1, 0.15) is 19.8 Å². The Bertz CT molecular complexity index is 176. The Morgan fingerprint density at radius 2 is 2.55 bits per heavy atom. The second-order valence-corrected chi connectivity index (χ2v) is 2.13. The molecule has 0 aliphatic rings. The third-order valence-corrected chi connectivity index (χ3v) is 1.12. The fraction of sp³-hybridized carbons (Fsp3) is 0.444. The Morgan fingerprint density at radius 1 is 1.91 bits per heavy atom. The van der Waals surface area contributed by atoms with E-state index in [4.69, 9.17) is 11.2 Å². The van der Waals surface area contributed by atoms with E-state index in [9.17, 15) is 4.79 Å². The molecule has 0 aliphatic heterocycles. The third kappa shape index (κ3) is 5.23. The molecule has 0 radical (unpaired) electrons. The van der Waals surface area contributed by atoms with Crippen LogP contribution in [0.3, 0.4) is 0 Å². The van der Waals surface area contributed by atoms with E-state index in [-0.39, 0.29) is 18.5 Å². The lowest BCUT2D eigenvalue weighted by Crippen LogP contribution is -2.11. The van der Waals surface area contributed by atoms with Crippen LogP contribution in [-0.2, 0) is 9.53 Å². The first kappa shape index (κ1) is 9.77. The number of esters is 1. The molecule has 0 saturated carbocycles. The lowest BCUT2D eigenvalue weighted by Gasteiger charge is -2.06. The molecular formula is C9H12O2. The molecule has 0 saturated heterocycles. The normalized spacial score (nSPS) is 11.3. The number of carbonyl (C=O) groups excluding carboxylic acids is 1. The molecule has 11 heavy (non-hydrogen) atoms. The summed E-state index contributed by atoms with van der Waals surface area (Å²) in [6, 6.07) is 0. The number of carbonyl (C=O) groups is 1. The monoisotopic (exact) mass is 152 g/mol. The second kappa shape index (κ2) is 5.55. The lowest BCUT2D eigenvalue weighted by atomic mass is 10.3. The smallest absolute Gasteiger partial charge is 0.307 e. The highest BCUT2D eigenvalue weighted by molar-refractivity contribution is 5.69. The first-order valence-corrected chi connectivity index (χ1v) is 3.46. The van der Waals surface area contributed by atoms with Gasteiger partial charge < -0.3 is 4.74 Å². The molecule has 0 rings (SSSR count). The van der Waals surface area contributed by atoms with Gasteiger partial charge in [-0.3, -0.25) is 4.79 Å². The van der Waals surface area contributed by atoms with Gasteiger partial charge in [0, 0.05) is 6.42 Å². The van der Waals surface area contributed by atoms with Crippen LogP contribution in [0.15, 0.2) is 12.7 Å². The van der Waals surface area contributed by atoms with Gasteiger partial charge in [-0.2, -0.15) is 0 Å². The molecule has 1 atom stereocenters. The van der Waals surface area contributed by atoms with Crippen LogP contribution in [0.4, 0.5) is 0 Å². The van der Waals surface area contributed by atoms with Crippen molar-refractivity contribution in [1.82, 2.24) is 0 Å². The van der Waals surface area contributed by atoms with Crippen LogP contribution < -0.4 is 0 Å².